The van der Waals surface area contributed by atoms with E-state index >= 15 is 0 Å². The summed E-state index contributed by atoms with van der Waals surface area (Å²) in [5.74, 6) is 0. The third kappa shape index (κ3) is 6.00. The molecule has 1 N–H and O–H groups in total. The maximum Gasteiger partial charge on any atom is 0.299 e. The monoisotopic (exact) mass is 424 g/mol. The minimum Gasteiger partial charge on any atom is -0.282 e. The highest BCUT2D eigenvalue weighted by Gasteiger charge is 2.32. The first kappa shape index (κ1) is 22.3. The van der Waals surface area contributed by atoms with Gasteiger partial charge in [-0.1, -0.05) is 86.8 Å². The van der Waals surface area contributed by atoms with E-state index in [-0.39, 0.29) is 17.7 Å². The van der Waals surface area contributed by atoms with Gasteiger partial charge in [-0.25, -0.2) is 0 Å². The van der Waals surface area contributed by atoms with Crippen molar-refractivity contribution in [1.82, 2.24) is 0 Å². The molecule has 0 aromatic heterocycles. The summed E-state index contributed by atoms with van der Waals surface area (Å²) >= 11 is 0. The predicted octanol–water partition coefficient (Wildman–Crippen LogP) is 4.33. The Bertz CT molecular complexity index is 995. The van der Waals surface area contributed by atoms with Crippen molar-refractivity contribution in [2.24, 2.45) is 0 Å². The molecule has 0 unspecified atom stereocenters. The Morgan fingerprint density at radius 2 is 1.29 bits per heavy atom. The first-order valence-electron chi connectivity index (χ1n) is 8.99. The Morgan fingerprint density at radius 3 is 1.75 bits per heavy atom. The summed E-state index contributed by atoms with van der Waals surface area (Å²) in [5, 5.41) is 0. The third-order valence-electron chi connectivity index (χ3n) is 4.02. The van der Waals surface area contributed by atoms with E-state index in [2.05, 4.69) is 0 Å². The van der Waals surface area contributed by atoms with Crippen molar-refractivity contribution < 1.29 is 25.6 Å². The van der Waals surface area contributed by atoms with Crippen LogP contribution in [0.2, 0.25) is 0 Å². The fourth-order valence-corrected chi connectivity index (χ4v) is 5.35. The highest BCUT2D eigenvalue weighted by Crippen LogP contribution is 2.35. The summed E-state index contributed by atoms with van der Waals surface area (Å²) < 4.78 is 65.3. The molecule has 0 fully saturated rings. The molecule has 2 aromatic rings. The lowest BCUT2D eigenvalue weighted by atomic mass is 10.1. The van der Waals surface area contributed by atoms with Crippen LogP contribution in [0, 0.1) is 0 Å². The molecular formula is C20H24O6S2. The fourth-order valence-electron chi connectivity index (χ4n) is 2.72. The SMILES string of the molecule is CCCCCCOS(=O)(=O)C(=C(c1ccccc1)S(=O)(=O)O)c1ccccc1. The van der Waals surface area contributed by atoms with Crippen LogP contribution in [-0.4, -0.2) is 28.0 Å². The number of hydrogen-bond donors (Lipinski definition) is 1. The van der Waals surface area contributed by atoms with Gasteiger partial charge in [0.05, 0.1) is 6.61 Å². The van der Waals surface area contributed by atoms with Crippen molar-refractivity contribution in [3.8, 4) is 0 Å². The van der Waals surface area contributed by atoms with E-state index in [0.717, 1.165) is 19.3 Å². The van der Waals surface area contributed by atoms with Gasteiger partial charge in [0.1, 0.15) is 9.81 Å². The Kier molecular flexibility index (Phi) is 7.94. The van der Waals surface area contributed by atoms with Gasteiger partial charge in [-0.2, -0.15) is 16.8 Å². The molecule has 0 saturated heterocycles. The Hall–Kier alpha value is -2.00. The second-order valence-electron chi connectivity index (χ2n) is 6.20. The summed E-state index contributed by atoms with van der Waals surface area (Å²) in [7, 11) is -9.32. The zero-order chi connectivity index (χ0) is 20.6. The van der Waals surface area contributed by atoms with Crippen molar-refractivity contribution in [3.05, 3.63) is 71.8 Å². The standard InChI is InChI=1S/C20H24O6S2/c1-2-3-4-11-16-26-28(24,25)20(18-14-9-6-10-15-18)19(27(21,22)23)17-12-7-5-8-13-17/h5-10,12-15H,2-4,11,16H2,1H3,(H,21,22,23). The Balaban J connectivity index is 2.63. The maximum absolute atomic E-state index is 13.0. The van der Waals surface area contributed by atoms with Crippen LogP contribution in [0.15, 0.2) is 60.7 Å². The molecule has 0 bridgehead atoms. The minimum atomic E-state index is -4.87. The molecule has 2 aromatic carbocycles. The smallest absolute Gasteiger partial charge is 0.282 e. The van der Waals surface area contributed by atoms with Gasteiger partial charge in [-0.05, 0) is 17.5 Å². The van der Waals surface area contributed by atoms with Crippen LogP contribution in [0.3, 0.4) is 0 Å². The molecule has 0 spiro atoms. The topological polar surface area (TPSA) is 97.7 Å². The molecule has 0 atom stereocenters. The summed E-state index contributed by atoms with van der Waals surface area (Å²) in [4.78, 5) is -1.27. The lowest BCUT2D eigenvalue weighted by Gasteiger charge is -2.15. The van der Waals surface area contributed by atoms with Crippen LogP contribution in [0.5, 0.6) is 0 Å². The average Bonchev–Trinajstić information content (AvgIpc) is 2.66. The first-order chi connectivity index (χ1) is 13.3. The third-order valence-corrected chi connectivity index (χ3v) is 6.52. The first-order valence-corrected chi connectivity index (χ1v) is 11.8. The number of benzene rings is 2. The molecule has 28 heavy (non-hydrogen) atoms. The van der Waals surface area contributed by atoms with Gasteiger partial charge in [0.15, 0.2) is 0 Å². The van der Waals surface area contributed by atoms with Crippen LogP contribution in [0.1, 0.15) is 43.7 Å². The predicted molar refractivity (Wildman–Crippen MR) is 110 cm³/mol. The molecule has 2 rings (SSSR count). The normalized spacial score (nSPS) is 13.2. The average molecular weight is 425 g/mol. The Labute approximate surface area is 166 Å². The van der Waals surface area contributed by atoms with E-state index in [9.17, 15) is 21.4 Å². The molecule has 0 saturated carbocycles. The summed E-state index contributed by atoms with van der Waals surface area (Å²) in [6.07, 6.45) is 3.27. The van der Waals surface area contributed by atoms with Crippen LogP contribution in [0.25, 0.3) is 9.81 Å². The van der Waals surface area contributed by atoms with E-state index in [4.69, 9.17) is 4.18 Å². The van der Waals surface area contributed by atoms with Crippen molar-refractivity contribution in [3.63, 3.8) is 0 Å². The molecule has 8 heteroatoms. The molecular weight excluding hydrogens is 400 g/mol. The van der Waals surface area contributed by atoms with Gasteiger partial charge >= 0.3 is 0 Å². The van der Waals surface area contributed by atoms with Crippen LogP contribution in [0.4, 0.5) is 0 Å². The van der Waals surface area contributed by atoms with Crippen molar-refractivity contribution in [2.75, 3.05) is 6.61 Å². The zero-order valence-electron chi connectivity index (χ0n) is 15.6. The van der Waals surface area contributed by atoms with E-state index in [1.165, 1.54) is 24.3 Å². The van der Waals surface area contributed by atoms with Gasteiger partial charge in [0.2, 0.25) is 0 Å². The van der Waals surface area contributed by atoms with Gasteiger partial charge < -0.3 is 0 Å². The summed E-state index contributed by atoms with van der Waals surface area (Å²) in [5.41, 5.74) is 0.176. The molecule has 0 aliphatic carbocycles. The lowest BCUT2D eigenvalue weighted by molar-refractivity contribution is 0.313. The number of rotatable bonds is 10. The molecule has 0 amide bonds. The second kappa shape index (κ2) is 9.97. The van der Waals surface area contributed by atoms with E-state index in [1.54, 1.807) is 36.4 Å². The van der Waals surface area contributed by atoms with Crippen LogP contribution >= 0.6 is 0 Å². The molecule has 6 nitrogen and oxygen atoms in total. The summed E-state index contributed by atoms with van der Waals surface area (Å²) in [6.45, 7) is 1.97. The summed E-state index contributed by atoms with van der Waals surface area (Å²) in [6, 6.07) is 15.4. The fraction of sp³-hybridized carbons (Fsp3) is 0.300. The van der Waals surface area contributed by atoms with Crippen molar-refractivity contribution >= 4 is 30.0 Å². The van der Waals surface area contributed by atoms with Crippen LogP contribution in [-0.2, 0) is 24.4 Å². The Morgan fingerprint density at radius 1 is 0.786 bits per heavy atom. The van der Waals surface area contributed by atoms with Gasteiger partial charge in [0, 0.05) is 0 Å². The van der Waals surface area contributed by atoms with Gasteiger partial charge in [0.25, 0.3) is 20.2 Å². The van der Waals surface area contributed by atoms with Crippen LogP contribution < -0.4 is 0 Å². The van der Waals surface area contributed by atoms with Gasteiger partial charge in [-0.15, -0.1) is 0 Å². The number of unbranched alkanes of at least 4 members (excludes halogenated alkanes) is 3. The quantitative estimate of drug-likeness (QED) is 0.264. The molecule has 0 heterocycles. The highest BCUT2D eigenvalue weighted by atomic mass is 32.2. The van der Waals surface area contributed by atoms with E-state index in [0.29, 0.717) is 6.42 Å². The zero-order valence-corrected chi connectivity index (χ0v) is 17.2. The second-order valence-corrected chi connectivity index (χ2v) is 9.11. The molecule has 0 aliphatic heterocycles. The largest absolute Gasteiger partial charge is 0.299 e. The molecule has 0 radical (unpaired) electrons. The lowest BCUT2D eigenvalue weighted by Crippen LogP contribution is -2.15. The van der Waals surface area contributed by atoms with E-state index in [1.807, 2.05) is 6.92 Å². The maximum atomic E-state index is 13.0. The minimum absolute atomic E-state index is 0.0574. The number of hydrogen-bond acceptors (Lipinski definition) is 5. The van der Waals surface area contributed by atoms with Gasteiger partial charge in [-0.3, -0.25) is 8.74 Å². The highest BCUT2D eigenvalue weighted by molar-refractivity contribution is 8.01. The molecule has 0 aliphatic rings. The van der Waals surface area contributed by atoms with Crippen molar-refractivity contribution in [2.45, 2.75) is 32.6 Å². The molecule has 152 valence electrons. The van der Waals surface area contributed by atoms with Crippen molar-refractivity contribution in [1.29, 1.82) is 0 Å². The van der Waals surface area contributed by atoms with E-state index < -0.39 is 30.0 Å².